The molecule has 0 radical (unpaired) electrons. The zero-order valence-corrected chi connectivity index (χ0v) is 17.2. The molecule has 0 aliphatic heterocycles. The van der Waals surface area contributed by atoms with Crippen LogP contribution < -0.4 is 15.4 Å². The van der Waals surface area contributed by atoms with E-state index in [4.69, 9.17) is 28.6 Å². The minimum absolute atomic E-state index is 0.179. The number of anilines is 1. The number of thiocarbonyl (C=S) groups is 1. The van der Waals surface area contributed by atoms with Crippen LogP contribution in [0.2, 0.25) is 5.02 Å². The molecule has 0 unspecified atom stereocenters. The second-order valence-corrected chi connectivity index (χ2v) is 8.15. The molecular formula is C19H18ClN3O2S2. The fourth-order valence-electron chi connectivity index (χ4n) is 2.25. The van der Waals surface area contributed by atoms with Crippen LogP contribution in [-0.2, 0) is 0 Å². The van der Waals surface area contributed by atoms with Gasteiger partial charge in [0.2, 0.25) is 0 Å². The number of hydrogen-bond acceptors (Lipinski definition) is 5. The Morgan fingerprint density at radius 3 is 2.89 bits per heavy atom. The molecule has 1 heterocycles. The van der Waals surface area contributed by atoms with Gasteiger partial charge in [-0.1, -0.05) is 42.9 Å². The first kappa shape index (κ1) is 19.5. The standard InChI is InChI=1S/C19H18ClN3O2S2/c1-11(2)10-25-14-5-3-4-12(8-14)17(24)22-18(26)23-19-21-15-7-6-13(20)9-16(15)27-19/h3-9,11H,10H2,1-2H3,(H2,21,22,23,24,26). The third-order valence-corrected chi connectivity index (χ3v) is 4.85. The summed E-state index contributed by atoms with van der Waals surface area (Å²) >= 11 is 12.6. The number of amides is 1. The van der Waals surface area contributed by atoms with Gasteiger partial charge < -0.3 is 10.1 Å². The van der Waals surface area contributed by atoms with E-state index in [0.29, 0.717) is 34.0 Å². The van der Waals surface area contributed by atoms with Gasteiger partial charge in [-0.2, -0.15) is 0 Å². The van der Waals surface area contributed by atoms with E-state index in [1.165, 1.54) is 11.3 Å². The minimum Gasteiger partial charge on any atom is -0.493 e. The normalized spacial score (nSPS) is 10.8. The van der Waals surface area contributed by atoms with E-state index in [2.05, 4.69) is 29.5 Å². The van der Waals surface area contributed by atoms with Gasteiger partial charge in [-0.15, -0.1) is 0 Å². The van der Waals surface area contributed by atoms with Gasteiger partial charge in [-0.3, -0.25) is 10.1 Å². The fraction of sp³-hybridized carbons (Fsp3) is 0.211. The number of ether oxygens (including phenoxy) is 1. The average Bonchev–Trinajstić information content (AvgIpc) is 3.01. The Hall–Kier alpha value is -2.22. The summed E-state index contributed by atoms with van der Waals surface area (Å²) in [4.78, 5) is 16.8. The van der Waals surface area contributed by atoms with Crippen molar-refractivity contribution in [3.8, 4) is 5.75 Å². The van der Waals surface area contributed by atoms with Crippen LogP contribution in [0.1, 0.15) is 24.2 Å². The zero-order valence-electron chi connectivity index (χ0n) is 14.8. The molecule has 0 aliphatic carbocycles. The van der Waals surface area contributed by atoms with Gasteiger partial charge in [0.15, 0.2) is 10.2 Å². The van der Waals surface area contributed by atoms with Crippen LogP contribution in [-0.4, -0.2) is 22.6 Å². The average molecular weight is 420 g/mol. The maximum atomic E-state index is 12.4. The van der Waals surface area contributed by atoms with E-state index < -0.39 is 0 Å². The number of carbonyl (C=O) groups is 1. The highest BCUT2D eigenvalue weighted by atomic mass is 35.5. The molecule has 0 saturated carbocycles. The number of rotatable bonds is 5. The van der Waals surface area contributed by atoms with Crippen molar-refractivity contribution in [2.24, 2.45) is 5.92 Å². The summed E-state index contributed by atoms with van der Waals surface area (Å²) in [5, 5.41) is 7.01. The molecule has 0 aliphatic rings. The Labute approximate surface area is 171 Å². The molecule has 1 amide bonds. The number of nitrogens with zero attached hydrogens (tertiary/aromatic N) is 1. The third-order valence-electron chi connectivity index (χ3n) is 3.48. The van der Waals surface area contributed by atoms with Crippen molar-refractivity contribution in [2.45, 2.75) is 13.8 Å². The van der Waals surface area contributed by atoms with Crippen molar-refractivity contribution in [1.82, 2.24) is 10.3 Å². The molecule has 3 aromatic rings. The molecule has 0 bridgehead atoms. The van der Waals surface area contributed by atoms with Crippen LogP contribution in [0.4, 0.5) is 5.13 Å². The van der Waals surface area contributed by atoms with E-state index >= 15 is 0 Å². The number of benzene rings is 2. The lowest BCUT2D eigenvalue weighted by Crippen LogP contribution is -2.34. The molecule has 27 heavy (non-hydrogen) atoms. The summed E-state index contributed by atoms with van der Waals surface area (Å²) in [5.41, 5.74) is 1.28. The minimum atomic E-state index is -0.313. The van der Waals surface area contributed by atoms with Crippen LogP contribution in [0.15, 0.2) is 42.5 Å². The first-order valence-electron chi connectivity index (χ1n) is 8.32. The number of carbonyl (C=O) groups excluding carboxylic acids is 1. The lowest BCUT2D eigenvalue weighted by atomic mass is 10.2. The Morgan fingerprint density at radius 1 is 1.30 bits per heavy atom. The van der Waals surface area contributed by atoms with Gasteiger partial charge >= 0.3 is 0 Å². The molecule has 140 valence electrons. The molecule has 2 N–H and O–H groups in total. The number of hydrogen-bond donors (Lipinski definition) is 2. The van der Waals surface area contributed by atoms with Crippen molar-refractivity contribution < 1.29 is 9.53 Å². The predicted molar refractivity (Wildman–Crippen MR) is 115 cm³/mol. The molecule has 1 aromatic heterocycles. The maximum Gasteiger partial charge on any atom is 0.257 e. The van der Waals surface area contributed by atoms with Crippen LogP contribution in [0.5, 0.6) is 5.75 Å². The molecular weight excluding hydrogens is 402 g/mol. The van der Waals surface area contributed by atoms with Crippen molar-refractivity contribution in [3.63, 3.8) is 0 Å². The molecule has 0 spiro atoms. The molecule has 0 saturated heterocycles. The van der Waals surface area contributed by atoms with Crippen molar-refractivity contribution in [2.75, 3.05) is 11.9 Å². The second kappa shape index (κ2) is 8.65. The lowest BCUT2D eigenvalue weighted by Gasteiger charge is -2.10. The van der Waals surface area contributed by atoms with Crippen LogP contribution in [0, 0.1) is 5.92 Å². The Kier molecular flexibility index (Phi) is 6.26. The predicted octanol–water partition coefficient (Wildman–Crippen LogP) is 5.11. The smallest absolute Gasteiger partial charge is 0.257 e. The molecule has 0 fully saturated rings. The Morgan fingerprint density at radius 2 is 2.11 bits per heavy atom. The van der Waals surface area contributed by atoms with Gasteiger partial charge in [-0.05, 0) is 54.5 Å². The SMILES string of the molecule is CC(C)COc1cccc(C(=O)NC(=S)Nc2nc3ccc(Cl)cc3s2)c1. The third kappa shape index (κ3) is 5.38. The number of fused-ring (bicyclic) bond motifs is 1. The van der Waals surface area contributed by atoms with Crippen LogP contribution in [0.25, 0.3) is 10.2 Å². The monoisotopic (exact) mass is 419 g/mol. The number of nitrogens with one attached hydrogen (secondary N) is 2. The van der Waals surface area contributed by atoms with Crippen LogP contribution >= 0.6 is 35.2 Å². The molecule has 0 atom stereocenters. The fourth-order valence-corrected chi connectivity index (χ4v) is 3.65. The molecule has 3 rings (SSSR count). The summed E-state index contributed by atoms with van der Waals surface area (Å²) in [7, 11) is 0. The van der Waals surface area contributed by atoms with Gasteiger partial charge in [-0.25, -0.2) is 4.98 Å². The van der Waals surface area contributed by atoms with Gasteiger partial charge in [0.25, 0.3) is 5.91 Å². The highest BCUT2D eigenvalue weighted by molar-refractivity contribution is 7.80. The maximum absolute atomic E-state index is 12.4. The molecule has 2 aromatic carbocycles. The first-order chi connectivity index (χ1) is 12.9. The Balaban J connectivity index is 1.63. The summed E-state index contributed by atoms with van der Waals surface area (Å²) in [6.07, 6.45) is 0. The quantitative estimate of drug-likeness (QED) is 0.562. The molecule has 5 nitrogen and oxygen atoms in total. The summed E-state index contributed by atoms with van der Waals surface area (Å²) < 4.78 is 6.59. The van der Waals surface area contributed by atoms with E-state index in [1.807, 2.05) is 18.2 Å². The Bertz CT molecular complexity index is 988. The van der Waals surface area contributed by atoms with Gasteiger partial charge in [0.05, 0.1) is 16.8 Å². The van der Waals surface area contributed by atoms with Crippen molar-refractivity contribution in [3.05, 3.63) is 53.1 Å². The second-order valence-electron chi connectivity index (χ2n) is 6.27. The van der Waals surface area contributed by atoms with Crippen LogP contribution in [0.3, 0.4) is 0 Å². The molecule has 8 heteroatoms. The van der Waals surface area contributed by atoms with E-state index in [9.17, 15) is 4.79 Å². The van der Waals surface area contributed by atoms with E-state index in [1.54, 1.807) is 24.3 Å². The van der Waals surface area contributed by atoms with Gasteiger partial charge in [0, 0.05) is 10.6 Å². The summed E-state index contributed by atoms with van der Waals surface area (Å²) in [6, 6.07) is 12.5. The number of aromatic nitrogens is 1. The number of thiazole rings is 1. The largest absolute Gasteiger partial charge is 0.493 e. The van der Waals surface area contributed by atoms with E-state index in [0.717, 1.165) is 10.2 Å². The van der Waals surface area contributed by atoms with Crippen molar-refractivity contribution >= 4 is 61.5 Å². The first-order valence-corrected chi connectivity index (χ1v) is 9.92. The van der Waals surface area contributed by atoms with Crippen molar-refractivity contribution in [1.29, 1.82) is 0 Å². The summed E-state index contributed by atoms with van der Waals surface area (Å²) in [6.45, 7) is 4.72. The van der Waals surface area contributed by atoms with E-state index in [-0.39, 0.29) is 11.0 Å². The zero-order chi connectivity index (χ0) is 19.4. The highest BCUT2D eigenvalue weighted by Gasteiger charge is 2.11. The summed E-state index contributed by atoms with van der Waals surface area (Å²) in [5.74, 6) is 0.743. The highest BCUT2D eigenvalue weighted by Crippen LogP contribution is 2.28. The van der Waals surface area contributed by atoms with Gasteiger partial charge in [0.1, 0.15) is 5.75 Å². The topological polar surface area (TPSA) is 63.2 Å². The number of halogens is 1. The lowest BCUT2D eigenvalue weighted by molar-refractivity contribution is 0.0977.